The summed E-state index contributed by atoms with van der Waals surface area (Å²) < 4.78 is 10.7. The van der Waals surface area contributed by atoms with Crippen molar-refractivity contribution in [3.05, 3.63) is 89.8 Å². The molecule has 0 atom stereocenters. The predicted molar refractivity (Wildman–Crippen MR) is 119 cm³/mol. The Morgan fingerprint density at radius 1 is 1.06 bits per heavy atom. The number of rotatable bonds is 7. The van der Waals surface area contributed by atoms with Gasteiger partial charge in [-0.25, -0.2) is 10.2 Å². The van der Waals surface area contributed by atoms with Gasteiger partial charge < -0.3 is 9.15 Å². The number of H-pyrrole nitrogens is 1. The van der Waals surface area contributed by atoms with Gasteiger partial charge in [0.1, 0.15) is 17.2 Å². The van der Waals surface area contributed by atoms with Crippen LogP contribution in [0.2, 0.25) is 0 Å². The molecule has 0 saturated carbocycles. The quantitative estimate of drug-likeness (QED) is 0.259. The van der Waals surface area contributed by atoms with Crippen LogP contribution in [0.5, 0.6) is 0 Å². The molecule has 2 N–H and O–H groups in total. The van der Waals surface area contributed by atoms with Crippen molar-refractivity contribution < 1.29 is 18.7 Å². The van der Waals surface area contributed by atoms with E-state index in [9.17, 15) is 9.59 Å². The Bertz CT molecular complexity index is 1240. The van der Waals surface area contributed by atoms with E-state index in [0.29, 0.717) is 35.1 Å². The van der Waals surface area contributed by atoms with Crippen LogP contribution in [0.4, 0.5) is 0 Å². The highest BCUT2D eigenvalue weighted by Gasteiger charge is 2.11. The smallest absolute Gasteiger partial charge is 0.338 e. The van der Waals surface area contributed by atoms with Crippen LogP contribution in [-0.2, 0) is 4.74 Å². The van der Waals surface area contributed by atoms with Crippen molar-refractivity contribution in [3.8, 4) is 22.6 Å². The van der Waals surface area contributed by atoms with Gasteiger partial charge in [0, 0.05) is 11.1 Å². The average Bonchev–Trinajstić information content (AvgIpc) is 3.50. The molecular formula is C24H20N4O4. The SMILES string of the molecule is CCOC(=O)c1ccc(-c2ccc(/C=N/NC(=O)c3cc(-c4ccccc4)n[nH]3)o2)cc1. The summed E-state index contributed by atoms with van der Waals surface area (Å²) in [4.78, 5) is 24.0. The fourth-order valence-corrected chi connectivity index (χ4v) is 2.97. The maximum absolute atomic E-state index is 12.3. The lowest BCUT2D eigenvalue weighted by Gasteiger charge is -2.02. The molecule has 0 radical (unpaired) electrons. The number of esters is 1. The summed E-state index contributed by atoms with van der Waals surface area (Å²) in [6, 6.07) is 21.6. The van der Waals surface area contributed by atoms with Gasteiger partial charge in [-0.3, -0.25) is 9.89 Å². The number of hydrogen-bond acceptors (Lipinski definition) is 6. The Hall–Kier alpha value is -4.46. The standard InChI is InChI=1S/C24H20N4O4/c1-2-31-24(30)18-10-8-17(9-11-18)22-13-12-19(32-22)15-25-28-23(29)21-14-20(26-27-21)16-6-4-3-5-7-16/h3-15H,2H2,1H3,(H,26,27)(H,28,29)/b25-15+. The van der Waals surface area contributed by atoms with Gasteiger partial charge in [0.2, 0.25) is 0 Å². The Kier molecular flexibility index (Phi) is 6.22. The van der Waals surface area contributed by atoms with E-state index in [0.717, 1.165) is 11.1 Å². The van der Waals surface area contributed by atoms with Crippen molar-refractivity contribution >= 4 is 18.1 Å². The molecule has 1 amide bonds. The second-order valence-electron chi connectivity index (χ2n) is 6.73. The molecule has 0 bridgehead atoms. The van der Waals surface area contributed by atoms with Gasteiger partial charge in [-0.2, -0.15) is 10.2 Å². The number of hydrogen-bond donors (Lipinski definition) is 2. The number of nitrogens with zero attached hydrogens (tertiary/aromatic N) is 2. The zero-order valence-electron chi connectivity index (χ0n) is 17.2. The molecule has 2 heterocycles. The number of benzene rings is 2. The van der Waals surface area contributed by atoms with Crippen LogP contribution in [0.15, 0.2) is 82.3 Å². The topological polar surface area (TPSA) is 110 Å². The average molecular weight is 428 g/mol. The highest BCUT2D eigenvalue weighted by Crippen LogP contribution is 2.22. The number of furan rings is 1. The second-order valence-corrected chi connectivity index (χ2v) is 6.73. The molecule has 0 aliphatic carbocycles. The van der Waals surface area contributed by atoms with Crippen LogP contribution >= 0.6 is 0 Å². The first-order chi connectivity index (χ1) is 15.6. The molecule has 8 heteroatoms. The van der Waals surface area contributed by atoms with Crippen molar-refractivity contribution in [1.82, 2.24) is 15.6 Å². The van der Waals surface area contributed by atoms with Gasteiger partial charge in [0.15, 0.2) is 0 Å². The van der Waals surface area contributed by atoms with Crippen molar-refractivity contribution in [1.29, 1.82) is 0 Å². The summed E-state index contributed by atoms with van der Waals surface area (Å²) in [5, 5.41) is 10.8. The number of hydrazone groups is 1. The molecule has 0 spiro atoms. The van der Waals surface area contributed by atoms with Crippen LogP contribution in [0.25, 0.3) is 22.6 Å². The van der Waals surface area contributed by atoms with Crippen LogP contribution in [0, 0.1) is 0 Å². The highest BCUT2D eigenvalue weighted by atomic mass is 16.5. The van der Waals surface area contributed by atoms with Crippen molar-refractivity contribution in [2.24, 2.45) is 5.10 Å². The Balaban J connectivity index is 1.36. The molecule has 2 aromatic carbocycles. The monoisotopic (exact) mass is 428 g/mol. The number of carbonyl (C=O) groups is 2. The lowest BCUT2D eigenvalue weighted by Crippen LogP contribution is -2.17. The fraction of sp³-hybridized carbons (Fsp3) is 0.0833. The van der Waals surface area contributed by atoms with Crippen LogP contribution in [0.1, 0.15) is 33.5 Å². The Labute approximate surface area is 183 Å². The van der Waals surface area contributed by atoms with E-state index in [-0.39, 0.29) is 5.97 Å². The molecule has 0 aliphatic heterocycles. The first-order valence-corrected chi connectivity index (χ1v) is 9.95. The minimum Gasteiger partial charge on any atom is -0.462 e. The number of nitrogens with one attached hydrogen (secondary N) is 2. The largest absolute Gasteiger partial charge is 0.462 e. The van der Waals surface area contributed by atoms with Crippen molar-refractivity contribution in [3.63, 3.8) is 0 Å². The lowest BCUT2D eigenvalue weighted by atomic mass is 10.1. The van der Waals surface area contributed by atoms with Gasteiger partial charge >= 0.3 is 5.97 Å². The minimum absolute atomic E-state index is 0.294. The van der Waals surface area contributed by atoms with E-state index < -0.39 is 5.91 Å². The third kappa shape index (κ3) is 4.81. The summed E-state index contributed by atoms with van der Waals surface area (Å²) >= 11 is 0. The van der Waals surface area contributed by atoms with E-state index in [2.05, 4.69) is 20.7 Å². The third-order valence-corrected chi connectivity index (χ3v) is 4.56. The van der Waals surface area contributed by atoms with E-state index in [1.54, 1.807) is 49.4 Å². The zero-order chi connectivity index (χ0) is 22.3. The minimum atomic E-state index is -0.419. The number of aromatic nitrogens is 2. The van der Waals surface area contributed by atoms with E-state index in [1.165, 1.54) is 6.21 Å². The van der Waals surface area contributed by atoms with Gasteiger partial charge in [-0.1, -0.05) is 42.5 Å². The molecule has 4 rings (SSSR count). The summed E-state index contributed by atoms with van der Waals surface area (Å²) in [6.45, 7) is 2.09. The van der Waals surface area contributed by atoms with Gasteiger partial charge in [0.25, 0.3) is 5.91 Å². The van der Waals surface area contributed by atoms with Crippen molar-refractivity contribution in [2.45, 2.75) is 6.92 Å². The molecule has 2 aromatic heterocycles. The van der Waals surface area contributed by atoms with Crippen LogP contribution in [-0.4, -0.2) is 34.9 Å². The number of amides is 1. The molecule has 0 fully saturated rings. The van der Waals surface area contributed by atoms with E-state index in [1.807, 2.05) is 30.3 Å². The number of ether oxygens (including phenoxy) is 1. The number of aromatic amines is 1. The van der Waals surface area contributed by atoms with Crippen LogP contribution in [0.3, 0.4) is 0 Å². The predicted octanol–water partition coefficient (Wildman–Crippen LogP) is 4.28. The molecule has 8 nitrogen and oxygen atoms in total. The molecule has 0 aliphatic rings. The van der Waals surface area contributed by atoms with Crippen LogP contribution < -0.4 is 5.43 Å². The highest BCUT2D eigenvalue weighted by molar-refractivity contribution is 5.94. The second kappa shape index (κ2) is 9.57. The molecule has 160 valence electrons. The Morgan fingerprint density at radius 2 is 1.84 bits per heavy atom. The normalized spacial score (nSPS) is 10.9. The Morgan fingerprint density at radius 3 is 2.59 bits per heavy atom. The van der Waals surface area contributed by atoms with Gasteiger partial charge in [0.05, 0.1) is 24.1 Å². The maximum atomic E-state index is 12.3. The van der Waals surface area contributed by atoms with Gasteiger partial charge in [-0.15, -0.1) is 0 Å². The molecule has 4 aromatic rings. The maximum Gasteiger partial charge on any atom is 0.338 e. The zero-order valence-corrected chi connectivity index (χ0v) is 17.2. The first-order valence-electron chi connectivity index (χ1n) is 9.95. The fourth-order valence-electron chi connectivity index (χ4n) is 2.97. The lowest BCUT2D eigenvalue weighted by molar-refractivity contribution is 0.0526. The summed E-state index contributed by atoms with van der Waals surface area (Å²) in [5.74, 6) is 0.283. The van der Waals surface area contributed by atoms with Gasteiger partial charge in [-0.05, 0) is 37.3 Å². The summed E-state index contributed by atoms with van der Waals surface area (Å²) in [7, 11) is 0. The van der Waals surface area contributed by atoms with Crippen molar-refractivity contribution in [2.75, 3.05) is 6.61 Å². The van der Waals surface area contributed by atoms with E-state index in [4.69, 9.17) is 9.15 Å². The summed E-state index contributed by atoms with van der Waals surface area (Å²) in [6.07, 6.45) is 1.41. The summed E-state index contributed by atoms with van der Waals surface area (Å²) in [5.41, 5.74) is 5.58. The molecule has 0 unspecified atom stereocenters. The van der Waals surface area contributed by atoms with E-state index >= 15 is 0 Å². The first kappa shape index (κ1) is 20.8. The number of carbonyl (C=O) groups excluding carboxylic acids is 2. The molecular weight excluding hydrogens is 408 g/mol. The third-order valence-electron chi connectivity index (χ3n) is 4.56. The molecule has 32 heavy (non-hydrogen) atoms. The molecule has 0 saturated heterocycles.